The fourth-order valence-electron chi connectivity index (χ4n) is 2.24. The third kappa shape index (κ3) is 3.44. The van der Waals surface area contributed by atoms with E-state index in [0.717, 1.165) is 15.6 Å². The summed E-state index contributed by atoms with van der Waals surface area (Å²) < 4.78 is 1.00. The maximum absolute atomic E-state index is 10.5. The van der Waals surface area contributed by atoms with E-state index in [1.807, 2.05) is 49.4 Å². The summed E-state index contributed by atoms with van der Waals surface area (Å²) in [4.78, 5) is 0. The standard InChI is InChI=1S/C16H18BrNO/c1-11-3-2-4-13(9-11)15(10-18)16(19)12-5-7-14(17)8-6-12/h2-9,15-16,19H,10,18H2,1H3. The molecule has 2 nitrogen and oxygen atoms in total. The van der Waals surface area contributed by atoms with E-state index in [-0.39, 0.29) is 5.92 Å². The van der Waals surface area contributed by atoms with Gasteiger partial charge in [0.1, 0.15) is 0 Å². The van der Waals surface area contributed by atoms with Crippen molar-refractivity contribution in [2.24, 2.45) is 5.73 Å². The SMILES string of the molecule is Cc1cccc(C(CN)C(O)c2ccc(Br)cc2)c1. The van der Waals surface area contributed by atoms with Gasteiger partial charge in [0.05, 0.1) is 6.10 Å². The van der Waals surface area contributed by atoms with E-state index in [2.05, 4.69) is 22.0 Å². The van der Waals surface area contributed by atoms with E-state index in [1.54, 1.807) is 0 Å². The Morgan fingerprint density at radius 1 is 1.11 bits per heavy atom. The van der Waals surface area contributed by atoms with Crippen molar-refractivity contribution in [1.82, 2.24) is 0 Å². The van der Waals surface area contributed by atoms with Crippen LogP contribution < -0.4 is 5.73 Å². The Bertz CT molecular complexity index is 539. The van der Waals surface area contributed by atoms with E-state index in [9.17, 15) is 5.11 Å². The Kier molecular flexibility index (Phi) is 4.75. The second-order valence-electron chi connectivity index (χ2n) is 4.75. The smallest absolute Gasteiger partial charge is 0.0870 e. The first-order valence-corrected chi connectivity index (χ1v) is 7.11. The lowest BCUT2D eigenvalue weighted by Gasteiger charge is -2.22. The molecule has 19 heavy (non-hydrogen) atoms. The van der Waals surface area contributed by atoms with Crippen LogP contribution in [-0.4, -0.2) is 11.7 Å². The molecular formula is C16H18BrNO. The molecule has 0 heterocycles. The molecule has 2 aromatic rings. The quantitative estimate of drug-likeness (QED) is 0.905. The first-order valence-electron chi connectivity index (χ1n) is 6.32. The van der Waals surface area contributed by atoms with E-state index in [0.29, 0.717) is 6.54 Å². The molecule has 0 amide bonds. The second kappa shape index (κ2) is 6.33. The maximum Gasteiger partial charge on any atom is 0.0870 e. The third-order valence-electron chi connectivity index (χ3n) is 3.32. The van der Waals surface area contributed by atoms with Crippen LogP contribution in [0.3, 0.4) is 0 Å². The van der Waals surface area contributed by atoms with Gasteiger partial charge in [0, 0.05) is 16.9 Å². The zero-order valence-electron chi connectivity index (χ0n) is 10.9. The normalized spacial score (nSPS) is 14.1. The summed E-state index contributed by atoms with van der Waals surface area (Å²) in [5.41, 5.74) is 9.00. The molecule has 0 aromatic heterocycles. The van der Waals surface area contributed by atoms with Crippen LogP contribution in [-0.2, 0) is 0 Å². The lowest BCUT2D eigenvalue weighted by Crippen LogP contribution is -2.20. The summed E-state index contributed by atoms with van der Waals surface area (Å²) in [6.07, 6.45) is -0.583. The maximum atomic E-state index is 10.5. The monoisotopic (exact) mass is 319 g/mol. The molecule has 0 radical (unpaired) electrons. The van der Waals surface area contributed by atoms with E-state index in [4.69, 9.17) is 5.73 Å². The zero-order valence-corrected chi connectivity index (χ0v) is 12.5. The van der Waals surface area contributed by atoms with E-state index in [1.165, 1.54) is 5.56 Å². The Hall–Kier alpha value is -1.16. The number of rotatable bonds is 4. The highest BCUT2D eigenvalue weighted by atomic mass is 79.9. The average molecular weight is 320 g/mol. The van der Waals surface area contributed by atoms with Crippen molar-refractivity contribution in [1.29, 1.82) is 0 Å². The van der Waals surface area contributed by atoms with Crippen molar-refractivity contribution in [2.45, 2.75) is 18.9 Å². The summed E-state index contributed by atoms with van der Waals surface area (Å²) in [6, 6.07) is 15.9. The molecule has 0 aliphatic carbocycles. The van der Waals surface area contributed by atoms with Gasteiger partial charge in [0.25, 0.3) is 0 Å². The summed E-state index contributed by atoms with van der Waals surface area (Å²) >= 11 is 3.40. The molecule has 0 bridgehead atoms. The number of hydrogen-bond donors (Lipinski definition) is 2. The number of benzene rings is 2. The largest absolute Gasteiger partial charge is 0.388 e. The van der Waals surface area contributed by atoms with E-state index < -0.39 is 6.10 Å². The van der Waals surface area contributed by atoms with Gasteiger partial charge in [-0.05, 0) is 30.2 Å². The Morgan fingerprint density at radius 3 is 2.37 bits per heavy atom. The van der Waals surface area contributed by atoms with Crippen LogP contribution in [0.5, 0.6) is 0 Å². The first-order chi connectivity index (χ1) is 9.11. The number of aliphatic hydroxyl groups excluding tert-OH is 1. The van der Waals surface area contributed by atoms with Gasteiger partial charge < -0.3 is 10.8 Å². The van der Waals surface area contributed by atoms with Crippen LogP contribution in [0.2, 0.25) is 0 Å². The molecular weight excluding hydrogens is 302 g/mol. The topological polar surface area (TPSA) is 46.2 Å². The lowest BCUT2D eigenvalue weighted by molar-refractivity contribution is 0.147. The fraction of sp³-hybridized carbons (Fsp3) is 0.250. The van der Waals surface area contributed by atoms with Crippen LogP contribution >= 0.6 is 15.9 Å². The molecule has 0 aliphatic rings. The fourth-order valence-corrected chi connectivity index (χ4v) is 2.50. The van der Waals surface area contributed by atoms with Gasteiger partial charge in [0.2, 0.25) is 0 Å². The minimum Gasteiger partial charge on any atom is -0.388 e. The summed E-state index contributed by atoms with van der Waals surface area (Å²) in [5, 5.41) is 10.5. The van der Waals surface area contributed by atoms with Gasteiger partial charge in [0.15, 0.2) is 0 Å². The number of aryl methyl sites for hydroxylation is 1. The summed E-state index contributed by atoms with van der Waals surface area (Å²) in [5.74, 6) is -0.0823. The number of nitrogens with two attached hydrogens (primary N) is 1. The van der Waals surface area contributed by atoms with Gasteiger partial charge in [-0.1, -0.05) is 57.9 Å². The minimum absolute atomic E-state index is 0.0823. The zero-order chi connectivity index (χ0) is 13.8. The molecule has 3 N–H and O–H groups in total. The van der Waals surface area contributed by atoms with Crippen LogP contribution in [0.1, 0.15) is 28.7 Å². The number of hydrogen-bond acceptors (Lipinski definition) is 2. The minimum atomic E-state index is -0.583. The van der Waals surface area contributed by atoms with Crippen LogP contribution in [0, 0.1) is 6.92 Å². The van der Waals surface area contributed by atoms with Gasteiger partial charge in [-0.2, -0.15) is 0 Å². The molecule has 0 aliphatic heterocycles. The van der Waals surface area contributed by atoms with E-state index >= 15 is 0 Å². The van der Waals surface area contributed by atoms with Crippen molar-refractivity contribution in [2.75, 3.05) is 6.54 Å². The predicted molar refractivity (Wildman–Crippen MR) is 82.1 cm³/mol. The van der Waals surface area contributed by atoms with Crippen molar-refractivity contribution < 1.29 is 5.11 Å². The van der Waals surface area contributed by atoms with Gasteiger partial charge in [-0.3, -0.25) is 0 Å². The highest BCUT2D eigenvalue weighted by molar-refractivity contribution is 9.10. The van der Waals surface area contributed by atoms with Crippen LogP contribution in [0.4, 0.5) is 0 Å². The molecule has 2 atom stereocenters. The highest BCUT2D eigenvalue weighted by Crippen LogP contribution is 2.31. The molecule has 0 fully saturated rings. The van der Waals surface area contributed by atoms with Gasteiger partial charge in [-0.15, -0.1) is 0 Å². The lowest BCUT2D eigenvalue weighted by atomic mass is 9.88. The molecule has 100 valence electrons. The predicted octanol–water partition coefficient (Wildman–Crippen LogP) is 3.53. The van der Waals surface area contributed by atoms with Crippen molar-refractivity contribution in [3.05, 3.63) is 69.7 Å². The third-order valence-corrected chi connectivity index (χ3v) is 3.85. The Balaban J connectivity index is 2.28. The molecule has 3 heteroatoms. The Labute approximate surface area is 122 Å². The number of aliphatic hydroxyl groups is 1. The van der Waals surface area contributed by atoms with Gasteiger partial charge >= 0.3 is 0 Å². The molecule has 0 saturated heterocycles. The van der Waals surface area contributed by atoms with Crippen LogP contribution in [0.25, 0.3) is 0 Å². The molecule has 2 rings (SSSR count). The van der Waals surface area contributed by atoms with Crippen molar-refractivity contribution in [3.63, 3.8) is 0 Å². The molecule has 0 saturated carbocycles. The summed E-state index contributed by atoms with van der Waals surface area (Å²) in [6.45, 7) is 2.46. The molecule has 0 spiro atoms. The number of halogens is 1. The first kappa shape index (κ1) is 14.3. The van der Waals surface area contributed by atoms with Crippen molar-refractivity contribution in [3.8, 4) is 0 Å². The highest BCUT2D eigenvalue weighted by Gasteiger charge is 2.21. The molecule has 2 aromatic carbocycles. The molecule has 2 unspecified atom stereocenters. The average Bonchev–Trinajstić information content (AvgIpc) is 2.40. The summed E-state index contributed by atoms with van der Waals surface area (Å²) in [7, 11) is 0. The van der Waals surface area contributed by atoms with Crippen LogP contribution in [0.15, 0.2) is 53.0 Å². The Morgan fingerprint density at radius 2 is 1.79 bits per heavy atom. The van der Waals surface area contributed by atoms with Crippen molar-refractivity contribution >= 4 is 15.9 Å². The van der Waals surface area contributed by atoms with Gasteiger partial charge in [-0.25, -0.2) is 0 Å². The second-order valence-corrected chi connectivity index (χ2v) is 5.67.